The van der Waals surface area contributed by atoms with E-state index in [1.165, 1.54) is 0 Å². The largest absolute Gasteiger partial charge is 0.382 e. The molecule has 0 fully saturated rings. The van der Waals surface area contributed by atoms with Gasteiger partial charge in [0.2, 0.25) is 0 Å². The van der Waals surface area contributed by atoms with Gasteiger partial charge in [-0.15, -0.1) is 34.0 Å². The molecule has 0 aromatic carbocycles. The number of hydrogen-bond donors (Lipinski definition) is 8. The molecule has 0 bridgehead atoms. The fourth-order valence-electron chi connectivity index (χ4n) is 2.21. The van der Waals surface area contributed by atoms with Gasteiger partial charge in [-0.2, -0.15) is 0 Å². The van der Waals surface area contributed by atoms with Gasteiger partial charge in [0.05, 0.1) is 26.3 Å². The normalized spacial score (nSPS) is 11.2. The van der Waals surface area contributed by atoms with Gasteiger partial charge in [0.15, 0.2) is 56.9 Å². The number of guanidine groups is 2. The molecule has 21 heteroatoms. The fraction of sp³-hybridized carbons (Fsp3) is 0.250. The van der Waals surface area contributed by atoms with Crippen molar-refractivity contribution in [2.75, 3.05) is 49.2 Å². The highest BCUT2D eigenvalue weighted by Crippen LogP contribution is 2.18. The zero-order valence-electron chi connectivity index (χ0n) is 18.8. The third-order valence-electron chi connectivity index (χ3n) is 3.76. The lowest BCUT2D eigenvalue weighted by atomic mass is 10.4. The van der Waals surface area contributed by atoms with Crippen LogP contribution in [0.1, 0.15) is 21.0 Å². The summed E-state index contributed by atoms with van der Waals surface area (Å²) in [5.74, 6) is -2.60. The Morgan fingerprint density at radius 2 is 1.05 bits per heavy atom. The van der Waals surface area contributed by atoms with E-state index in [0.717, 1.165) is 0 Å². The number of nitrogens with one attached hydrogen (secondary N) is 2. The van der Waals surface area contributed by atoms with Crippen LogP contribution >= 0.6 is 57.2 Å². The van der Waals surface area contributed by atoms with Crippen molar-refractivity contribution in [3.63, 3.8) is 0 Å². The molecule has 0 aliphatic rings. The van der Waals surface area contributed by atoms with Gasteiger partial charge in [0, 0.05) is 0 Å². The minimum Gasteiger partial charge on any atom is -0.382 e. The van der Waals surface area contributed by atoms with E-state index in [0.29, 0.717) is 0 Å². The zero-order chi connectivity index (χ0) is 26.1. The molecule has 2 heterocycles. The van der Waals surface area contributed by atoms with E-state index in [2.05, 4.69) is 40.6 Å². The number of ether oxygens (including phenoxy) is 1. The molecule has 0 saturated heterocycles. The molecule has 204 valence electrons. The Morgan fingerprint density at radius 3 is 1.41 bits per heavy atom. The molecular weight excluding hydrogens is 667 g/mol. The number of anilines is 4. The molecule has 0 atom stereocenters. The van der Waals surface area contributed by atoms with E-state index in [1.807, 2.05) is 0 Å². The number of rotatable bonds is 8. The molecule has 0 unspecified atom stereocenters. The SMILES string of the molecule is Br.Br.NC(=NCCOCCN=C(N)NC(=O)c1nc(Cl)c(N)nc1N)NC(=O)c1nc(Cl)c(N)nc1N. The molecule has 37 heavy (non-hydrogen) atoms. The Balaban J connectivity index is 0.00000648. The Labute approximate surface area is 240 Å². The number of hydrogen-bond acceptors (Lipinski definition) is 13. The topological polar surface area (TPSA) is 300 Å². The first-order valence-electron chi connectivity index (χ1n) is 9.46. The van der Waals surface area contributed by atoms with Gasteiger partial charge in [-0.1, -0.05) is 23.2 Å². The van der Waals surface area contributed by atoms with Crippen molar-refractivity contribution in [3.8, 4) is 0 Å². The number of amides is 2. The summed E-state index contributed by atoms with van der Waals surface area (Å²) in [4.78, 5) is 47.0. The Bertz CT molecular complexity index is 1090. The van der Waals surface area contributed by atoms with Gasteiger partial charge in [0.25, 0.3) is 11.8 Å². The van der Waals surface area contributed by atoms with Crippen LogP contribution < -0.4 is 45.0 Å². The van der Waals surface area contributed by atoms with E-state index in [-0.39, 0.29) is 117 Å². The average Bonchev–Trinajstić information content (AvgIpc) is 2.77. The summed E-state index contributed by atoms with van der Waals surface area (Å²) < 4.78 is 5.31. The van der Waals surface area contributed by atoms with Crippen molar-refractivity contribution in [1.82, 2.24) is 30.6 Å². The van der Waals surface area contributed by atoms with Crippen molar-refractivity contribution in [2.24, 2.45) is 21.5 Å². The van der Waals surface area contributed by atoms with Gasteiger partial charge in [-0.05, 0) is 0 Å². The standard InChI is InChI=1S/C16H22Cl2N14O3.2BrH/c17-7-11(21)29-9(19)5(27-7)13(33)31-15(23)25-1-3-35-4-2-26-16(24)32-14(34)6-10(20)30-12(22)8(18)28-6;;/h1-4H2,(H4,19,21,29)(H4,20,22,30)(H3,23,25,31,33)(H3,24,26,32,34);2*1H. The molecule has 2 aromatic rings. The average molecular weight is 691 g/mol. The molecule has 0 aliphatic heterocycles. The quantitative estimate of drug-likeness (QED) is 0.0924. The lowest BCUT2D eigenvalue weighted by molar-refractivity contribution is 0.0964. The van der Waals surface area contributed by atoms with Crippen molar-refractivity contribution in [3.05, 3.63) is 21.7 Å². The number of aromatic nitrogens is 4. The molecule has 0 aliphatic carbocycles. The lowest BCUT2D eigenvalue weighted by Gasteiger charge is -2.08. The van der Waals surface area contributed by atoms with Crippen molar-refractivity contribution in [2.45, 2.75) is 0 Å². The Morgan fingerprint density at radius 1 is 0.703 bits per heavy atom. The first-order valence-corrected chi connectivity index (χ1v) is 10.2. The fourth-order valence-corrected chi connectivity index (χ4v) is 2.46. The van der Waals surface area contributed by atoms with Crippen LogP contribution in [0.5, 0.6) is 0 Å². The highest BCUT2D eigenvalue weighted by atomic mass is 79.9. The van der Waals surface area contributed by atoms with E-state index < -0.39 is 11.8 Å². The number of nitrogens with zero attached hydrogens (tertiary/aromatic N) is 6. The van der Waals surface area contributed by atoms with Crippen LogP contribution in [0.4, 0.5) is 23.3 Å². The number of halogens is 4. The molecule has 0 radical (unpaired) electrons. The van der Waals surface area contributed by atoms with E-state index in [4.69, 9.17) is 62.3 Å². The minimum absolute atomic E-state index is 0. The van der Waals surface area contributed by atoms with Crippen LogP contribution in [0.25, 0.3) is 0 Å². The molecule has 2 rings (SSSR count). The third-order valence-corrected chi connectivity index (χ3v) is 4.31. The molecule has 17 nitrogen and oxygen atoms in total. The summed E-state index contributed by atoms with van der Waals surface area (Å²) in [5.41, 5.74) is 32.9. The zero-order valence-corrected chi connectivity index (χ0v) is 23.7. The summed E-state index contributed by atoms with van der Waals surface area (Å²) in [7, 11) is 0. The number of nitrogen functional groups attached to an aromatic ring is 4. The van der Waals surface area contributed by atoms with Crippen LogP contribution in [0.2, 0.25) is 10.3 Å². The van der Waals surface area contributed by atoms with Gasteiger partial charge < -0.3 is 39.1 Å². The van der Waals surface area contributed by atoms with Crippen molar-refractivity contribution < 1.29 is 14.3 Å². The van der Waals surface area contributed by atoms with Crippen LogP contribution in [-0.2, 0) is 4.74 Å². The molecule has 2 aromatic heterocycles. The minimum atomic E-state index is -0.764. The predicted molar refractivity (Wildman–Crippen MR) is 151 cm³/mol. The second-order valence-corrected chi connectivity index (χ2v) is 7.04. The molecule has 0 spiro atoms. The van der Waals surface area contributed by atoms with E-state index in [1.54, 1.807) is 0 Å². The number of aliphatic imine (C=N–C) groups is 2. The highest BCUT2D eigenvalue weighted by Gasteiger charge is 2.17. The first-order chi connectivity index (χ1) is 16.5. The lowest BCUT2D eigenvalue weighted by Crippen LogP contribution is -2.38. The number of carbonyl (C=O) groups is 2. The summed E-state index contributed by atoms with van der Waals surface area (Å²) in [6, 6.07) is 0. The van der Waals surface area contributed by atoms with Crippen molar-refractivity contribution >= 4 is 104 Å². The van der Waals surface area contributed by atoms with Gasteiger partial charge in [-0.3, -0.25) is 30.2 Å². The second-order valence-electron chi connectivity index (χ2n) is 6.32. The summed E-state index contributed by atoms with van der Waals surface area (Å²) in [6.07, 6.45) is 0. The second kappa shape index (κ2) is 15.8. The van der Waals surface area contributed by atoms with Gasteiger partial charge >= 0.3 is 0 Å². The maximum Gasteiger partial charge on any atom is 0.280 e. The van der Waals surface area contributed by atoms with E-state index in [9.17, 15) is 9.59 Å². The molecule has 0 saturated carbocycles. The number of carbonyl (C=O) groups excluding carboxylic acids is 2. The molecule has 14 N–H and O–H groups in total. The van der Waals surface area contributed by atoms with Gasteiger partial charge in [-0.25, -0.2) is 19.9 Å². The maximum atomic E-state index is 12.1. The Kier molecular flexibility index (Phi) is 14.4. The molecule has 2 amide bonds. The smallest absolute Gasteiger partial charge is 0.280 e. The third kappa shape index (κ3) is 10.3. The maximum absolute atomic E-state index is 12.1. The predicted octanol–water partition coefficient (Wildman–Crippen LogP) is -1.14. The molecular formula is C16H24Br2Cl2N14O3. The van der Waals surface area contributed by atoms with Crippen LogP contribution in [0.15, 0.2) is 9.98 Å². The van der Waals surface area contributed by atoms with E-state index >= 15 is 0 Å². The highest BCUT2D eigenvalue weighted by molar-refractivity contribution is 8.93. The van der Waals surface area contributed by atoms with Crippen LogP contribution in [0, 0.1) is 0 Å². The van der Waals surface area contributed by atoms with Gasteiger partial charge in [0.1, 0.15) is 0 Å². The Hall–Kier alpha value is -3.26. The monoisotopic (exact) mass is 688 g/mol. The summed E-state index contributed by atoms with van der Waals surface area (Å²) >= 11 is 11.5. The first kappa shape index (κ1) is 33.7. The van der Waals surface area contributed by atoms with Crippen LogP contribution in [0.3, 0.4) is 0 Å². The van der Waals surface area contributed by atoms with Crippen LogP contribution in [-0.4, -0.2) is 70.0 Å². The number of nitrogens with two attached hydrogens (primary N) is 6. The summed E-state index contributed by atoms with van der Waals surface area (Å²) in [6.45, 7) is 0.511. The summed E-state index contributed by atoms with van der Waals surface area (Å²) in [5, 5.41) is 4.21. The van der Waals surface area contributed by atoms with Crippen molar-refractivity contribution in [1.29, 1.82) is 0 Å².